The van der Waals surface area contributed by atoms with E-state index < -0.39 is 5.60 Å². The molecule has 0 heterocycles. The van der Waals surface area contributed by atoms with Gasteiger partial charge in [0.05, 0.1) is 12.2 Å². The lowest BCUT2D eigenvalue weighted by Crippen LogP contribution is -2.29. The lowest BCUT2D eigenvalue weighted by molar-refractivity contribution is -0.0241. The van der Waals surface area contributed by atoms with Gasteiger partial charge in [0.2, 0.25) is 0 Å². The average molecular weight is 174 g/mol. The molecule has 0 aromatic rings. The molecule has 1 N–H and O–H groups in total. The first kappa shape index (κ1) is 11.9. The molecule has 74 valence electrons. The summed E-state index contributed by atoms with van der Waals surface area (Å²) in [5.41, 5.74) is -0.623. The molecule has 0 fully saturated rings. The third-order valence-corrected chi connectivity index (χ3v) is 2.02. The van der Waals surface area contributed by atoms with Crippen molar-refractivity contribution in [3.05, 3.63) is 0 Å². The monoisotopic (exact) mass is 174 g/mol. The van der Waals surface area contributed by atoms with Gasteiger partial charge in [-0.05, 0) is 13.3 Å². The molecule has 1 unspecified atom stereocenters. The van der Waals surface area contributed by atoms with Crippen molar-refractivity contribution in [1.82, 2.24) is 0 Å². The van der Waals surface area contributed by atoms with Crippen molar-refractivity contribution in [2.45, 2.75) is 51.6 Å². The minimum absolute atomic E-state index is 0.444. The number of hydrogen-bond acceptors (Lipinski definition) is 2. The average Bonchev–Trinajstić information content (AvgIpc) is 1.98. The van der Waals surface area contributed by atoms with Crippen molar-refractivity contribution in [2.75, 3.05) is 13.7 Å². The van der Waals surface area contributed by atoms with Crippen LogP contribution < -0.4 is 0 Å². The van der Waals surface area contributed by atoms with Gasteiger partial charge in [-0.3, -0.25) is 0 Å². The first-order chi connectivity index (χ1) is 5.62. The minimum atomic E-state index is -0.623. The van der Waals surface area contributed by atoms with E-state index in [1.54, 1.807) is 7.11 Å². The van der Waals surface area contributed by atoms with Gasteiger partial charge < -0.3 is 9.84 Å². The van der Waals surface area contributed by atoms with Crippen molar-refractivity contribution < 1.29 is 9.84 Å². The van der Waals surface area contributed by atoms with Crippen LogP contribution in [0.1, 0.15) is 46.0 Å². The summed E-state index contributed by atoms with van der Waals surface area (Å²) in [6.07, 6.45) is 5.68. The Bertz CT molecular complexity index is 100. The maximum atomic E-state index is 9.69. The van der Waals surface area contributed by atoms with Crippen LogP contribution in [0.4, 0.5) is 0 Å². The van der Waals surface area contributed by atoms with Gasteiger partial charge in [0.25, 0.3) is 0 Å². The standard InChI is InChI=1S/C10H22O2/c1-4-5-6-7-8-10(2,11)9-12-3/h11H,4-9H2,1-3H3. The fourth-order valence-corrected chi connectivity index (χ4v) is 1.32. The smallest absolute Gasteiger partial charge is 0.0852 e. The van der Waals surface area contributed by atoms with Crippen LogP contribution in [0.25, 0.3) is 0 Å². The third kappa shape index (κ3) is 6.62. The van der Waals surface area contributed by atoms with Gasteiger partial charge >= 0.3 is 0 Å². The van der Waals surface area contributed by atoms with Crippen LogP contribution in [0.2, 0.25) is 0 Å². The molecule has 0 saturated carbocycles. The van der Waals surface area contributed by atoms with Gasteiger partial charge in [0.1, 0.15) is 0 Å². The number of rotatable bonds is 7. The molecule has 0 rings (SSSR count). The molecule has 0 saturated heterocycles. The van der Waals surface area contributed by atoms with Gasteiger partial charge in [-0.1, -0.05) is 32.6 Å². The molecular formula is C10H22O2. The van der Waals surface area contributed by atoms with Crippen LogP contribution in [0.15, 0.2) is 0 Å². The predicted octanol–water partition coefficient (Wildman–Crippen LogP) is 2.35. The zero-order chi connectivity index (χ0) is 9.45. The quantitative estimate of drug-likeness (QED) is 0.600. The Balaban J connectivity index is 3.33. The Morgan fingerprint density at radius 1 is 1.25 bits per heavy atom. The largest absolute Gasteiger partial charge is 0.388 e. The number of hydrogen-bond donors (Lipinski definition) is 1. The number of methoxy groups -OCH3 is 1. The van der Waals surface area contributed by atoms with Crippen LogP contribution in [0.3, 0.4) is 0 Å². The molecule has 0 aliphatic rings. The maximum Gasteiger partial charge on any atom is 0.0852 e. The second-order valence-electron chi connectivity index (χ2n) is 3.74. The van der Waals surface area contributed by atoms with Crippen molar-refractivity contribution in [2.24, 2.45) is 0 Å². The Morgan fingerprint density at radius 2 is 1.92 bits per heavy atom. The molecule has 2 heteroatoms. The lowest BCUT2D eigenvalue weighted by Gasteiger charge is -2.21. The summed E-state index contributed by atoms with van der Waals surface area (Å²) in [7, 11) is 1.63. The first-order valence-corrected chi connectivity index (χ1v) is 4.83. The van der Waals surface area contributed by atoms with E-state index in [-0.39, 0.29) is 0 Å². The zero-order valence-corrected chi connectivity index (χ0v) is 8.60. The van der Waals surface area contributed by atoms with Crippen LogP contribution >= 0.6 is 0 Å². The molecular weight excluding hydrogens is 152 g/mol. The van der Waals surface area contributed by atoms with Crippen molar-refractivity contribution >= 4 is 0 Å². The second-order valence-corrected chi connectivity index (χ2v) is 3.74. The summed E-state index contributed by atoms with van der Waals surface area (Å²) in [6, 6.07) is 0. The number of aliphatic hydroxyl groups is 1. The van der Waals surface area contributed by atoms with Gasteiger partial charge in [0.15, 0.2) is 0 Å². The molecule has 12 heavy (non-hydrogen) atoms. The Hall–Kier alpha value is -0.0800. The van der Waals surface area contributed by atoms with E-state index in [9.17, 15) is 5.11 Å². The number of unbranched alkanes of at least 4 members (excludes halogenated alkanes) is 3. The Labute approximate surface area is 75.9 Å². The van der Waals surface area contributed by atoms with Crippen LogP contribution in [0.5, 0.6) is 0 Å². The maximum absolute atomic E-state index is 9.69. The van der Waals surface area contributed by atoms with Gasteiger partial charge in [0, 0.05) is 7.11 Å². The van der Waals surface area contributed by atoms with E-state index >= 15 is 0 Å². The number of ether oxygens (including phenoxy) is 1. The molecule has 0 spiro atoms. The summed E-state index contributed by atoms with van der Waals surface area (Å²) in [6.45, 7) is 4.47. The topological polar surface area (TPSA) is 29.5 Å². The third-order valence-electron chi connectivity index (χ3n) is 2.02. The van der Waals surface area contributed by atoms with Gasteiger partial charge in [-0.25, -0.2) is 0 Å². The van der Waals surface area contributed by atoms with Gasteiger partial charge in [-0.15, -0.1) is 0 Å². The zero-order valence-electron chi connectivity index (χ0n) is 8.60. The Morgan fingerprint density at radius 3 is 2.42 bits per heavy atom. The predicted molar refractivity (Wildman–Crippen MR) is 51.3 cm³/mol. The highest BCUT2D eigenvalue weighted by atomic mass is 16.5. The van der Waals surface area contributed by atoms with Gasteiger partial charge in [-0.2, -0.15) is 0 Å². The van der Waals surface area contributed by atoms with E-state index in [4.69, 9.17) is 4.74 Å². The van der Waals surface area contributed by atoms with Crippen LogP contribution in [0, 0.1) is 0 Å². The molecule has 0 aliphatic carbocycles. The fraction of sp³-hybridized carbons (Fsp3) is 1.00. The summed E-state index contributed by atoms with van der Waals surface area (Å²) >= 11 is 0. The SMILES string of the molecule is CCCCCCC(C)(O)COC. The summed E-state index contributed by atoms with van der Waals surface area (Å²) in [5, 5.41) is 9.69. The van der Waals surface area contributed by atoms with E-state index in [0.29, 0.717) is 6.61 Å². The van der Waals surface area contributed by atoms with E-state index in [2.05, 4.69) is 6.92 Å². The molecule has 1 atom stereocenters. The molecule has 0 aliphatic heterocycles. The lowest BCUT2D eigenvalue weighted by atomic mass is 9.99. The van der Waals surface area contributed by atoms with Crippen molar-refractivity contribution in [1.29, 1.82) is 0 Å². The highest BCUT2D eigenvalue weighted by Crippen LogP contribution is 2.14. The highest BCUT2D eigenvalue weighted by molar-refractivity contribution is 4.71. The molecule has 0 radical (unpaired) electrons. The normalized spacial score (nSPS) is 16.0. The van der Waals surface area contributed by atoms with E-state index in [1.165, 1.54) is 19.3 Å². The molecule has 0 amide bonds. The summed E-state index contributed by atoms with van der Waals surface area (Å²) in [4.78, 5) is 0. The first-order valence-electron chi connectivity index (χ1n) is 4.83. The fourth-order valence-electron chi connectivity index (χ4n) is 1.32. The van der Waals surface area contributed by atoms with E-state index in [1.807, 2.05) is 6.92 Å². The van der Waals surface area contributed by atoms with Crippen molar-refractivity contribution in [3.63, 3.8) is 0 Å². The van der Waals surface area contributed by atoms with Crippen LogP contribution in [-0.2, 0) is 4.74 Å². The molecule has 0 bridgehead atoms. The molecule has 2 nitrogen and oxygen atoms in total. The Kier molecular flexibility index (Phi) is 6.39. The van der Waals surface area contributed by atoms with Crippen LogP contribution in [-0.4, -0.2) is 24.4 Å². The minimum Gasteiger partial charge on any atom is -0.388 e. The summed E-state index contributed by atoms with van der Waals surface area (Å²) < 4.78 is 4.91. The summed E-state index contributed by atoms with van der Waals surface area (Å²) in [5.74, 6) is 0. The molecule has 0 aromatic heterocycles. The van der Waals surface area contributed by atoms with E-state index in [0.717, 1.165) is 12.8 Å². The highest BCUT2D eigenvalue weighted by Gasteiger charge is 2.18. The molecule has 0 aromatic carbocycles. The second kappa shape index (κ2) is 6.44. The van der Waals surface area contributed by atoms with Crippen molar-refractivity contribution in [3.8, 4) is 0 Å².